The van der Waals surface area contributed by atoms with Crippen molar-refractivity contribution in [2.24, 2.45) is 0 Å². The van der Waals surface area contributed by atoms with E-state index in [0.29, 0.717) is 30.4 Å². The number of halogens is 1. The second-order valence-electron chi connectivity index (χ2n) is 4.96. The molecular weight excluding hydrogens is 331 g/mol. The van der Waals surface area contributed by atoms with Gasteiger partial charge in [-0.15, -0.1) is 0 Å². The Bertz CT molecular complexity index is 636. The van der Waals surface area contributed by atoms with Crippen LogP contribution in [-0.2, 0) is 4.74 Å². The average Bonchev–Trinajstić information content (AvgIpc) is 2.53. The molecule has 0 saturated heterocycles. The van der Waals surface area contributed by atoms with Gasteiger partial charge in [0.1, 0.15) is 12.4 Å². The molecule has 0 amide bonds. The molecule has 0 spiro atoms. The first kappa shape index (κ1) is 17.9. The minimum absolute atomic E-state index is 0.0436. The van der Waals surface area contributed by atoms with Crippen LogP contribution in [0, 0.1) is 6.92 Å². The minimum Gasteiger partial charge on any atom is -0.491 e. The van der Waals surface area contributed by atoms with E-state index in [4.69, 9.17) is 21.1 Å². The molecule has 0 saturated carbocycles. The molecule has 0 aliphatic rings. The Morgan fingerprint density at radius 2 is 1.87 bits per heavy atom. The van der Waals surface area contributed by atoms with Crippen molar-refractivity contribution in [2.75, 3.05) is 19.8 Å². The third kappa shape index (κ3) is 5.31. The molecule has 2 rings (SSSR count). The number of carbonyl (C=O) groups is 1. The zero-order valence-corrected chi connectivity index (χ0v) is 15.0. The molecule has 0 N–H and O–H groups in total. The van der Waals surface area contributed by atoms with Crippen LogP contribution in [0.15, 0.2) is 42.5 Å². The van der Waals surface area contributed by atoms with Crippen molar-refractivity contribution in [1.82, 2.24) is 0 Å². The topological polar surface area (TPSA) is 35.5 Å². The van der Waals surface area contributed by atoms with Gasteiger partial charge in [0.05, 0.1) is 11.6 Å². The number of benzene rings is 2. The van der Waals surface area contributed by atoms with E-state index in [1.165, 1.54) is 0 Å². The first-order chi connectivity index (χ1) is 11.1. The SMILES string of the molecule is CCOCCOc1ccc(PC(=O)c2c(C)cccc2Cl)cc1. The zero-order chi connectivity index (χ0) is 16.7. The van der Waals surface area contributed by atoms with Gasteiger partial charge in [0.15, 0.2) is 5.52 Å². The van der Waals surface area contributed by atoms with E-state index in [0.717, 1.165) is 16.6 Å². The number of rotatable bonds is 8. The molecule has 23 heavy (non-hydrogen) atoms. The normalized spacial score (nSPS) is 11.1. The first-order valence-electron chi connectivity index (χ1n) is 7.49. The van der Waals surface area contributed by atoms with E-state index in [1.807, 2.05) is 50.2 Å². The minimum atomic E-state index is 0.0436. The summed E-state index contributed by atoms with van der Waals surface area (Å²) in [4.78, 5) is 12.5. The molecule has 0 fully saturated rings. The van der Waals surface area contributed by atoms with E-state index in [-0.39, 0.29) is 14.1 Å². The predicted molar refractivity (Wildman–Crippen MR) is 96.9 cm³/mol. The summed E-state index contributed by atoms with van der Waals surface area (Å²) in [5.41, 5.74) is 1.58. The Balaban J connectivity index is 1.96. The Labute approximate surface area is 143 Å². The van der Waals surface area contributed by atoms with Crippen molar-refractivity contribution in [2.45, 2.75) is 13.8 Å². The standard InChI is InChI=1S/C18H20ClO3P/c1-3-21-11-12-22-14-7-9-15(10-8-14)23-18(20)17-13(2)5-4-6-16(17)19/h4-10,23H,3,11-12H2,1-2H3. The summed E-state index contributed by atoms with van der Waals surface area (Å²) in [6.07, 6.45) is 0. The lowest BCUT2D eigenvalue weighted by Crippen LogP contribution is -2.07. The van der Waals surface area contributed by atoms with E-state index >= 15 is 0 Å². The fourth-order valence-electron chi connectivity index (χ4n) is 2.11. The van der Waals surface area contributed by atoms with Crippen LogP contribution in [0.1, 0.15) is 22.8 Å². The van der Waals surface area contributed by atoms with Gasteiger partial charge in [-0.2, -0.15) is 0 Å². The van der Waals surface area contributed by atoms with E-state index in [1.54, 1.807) is 6.07 Å². The molecule has 0 aliphatic heterocycles. The van der Waals surface area contributed by atoms with Crippen LogP contribution < -0.4 is 10.0 Å². The maximum atomic E-state index is 12.5. The summed E-state index contributed by atoms with van der Waals surface area (Å²) in [5, 5.41) is 1.48. The van der Waals surface area contributed by atoms with Gasteiger partial charge in [0, 0.05) is 12.2 Å². The van der Waals surface area contributed by atoms with Gasteiger partial charge in [0.2, 0.25) is 0 Å². The zero-order valence-electron chi connectivity index (χ0n) is 13.3. The van der Waals surface area contributed by atoms with Crippen LogP contribution in [0.3, 0.4) is 0 Å². The van der Waals surface area contributed by atoms with Crippen LogP contribution in [0.2, 0.25) is 5.02 Å². The first-order valence-corrected chi connectivity index (χ1v) is 8.86. The Kier molecular flexibility index (Phi) is 7.04. The largest absolute Gasteiger partial charge is 0.491 e. The van der Waals surface area contributed by atoms with Crippen molar-refractivity contribution in [3.8, 4) is 5.75 Å². The van der Waals surface area contributed by atoms with Crippen molar-refractivity contribution in [3.05, 3.63) is 58.6 Å². The molecule has 0 aliphatic carbocycles. The monoisotopic (exact) mass is 350 g/mol. The third-order valence-corrected chi connectivity index (χ3v) is 4.68. The van der Waals surface area contributed by atoms with Crippen molar-refractivity contribution < 1.29 is 14.3 Å². The second kappa shape index (κ2) is 9.02. The predicted octanol–water partition coefficient (Wildman–Crippen LogP) is 4.21. The highest BCUT2D eigenvalue weighted by Gasteiger charge is 2.13. The highest BCUT2D eigenvalue weighted by atomic mass is 35.5. The highest BCUT2D eigenvalue weighted by molar-refractivity contribution is 7.66. The lowest BCUT2D eigenvalue weighted by atomic mass is 10.1. The van der Waals surface area contributed by atoms with Crippen LogP contribution in [-0.4, -0.2) is 25.3 Å². The Morgan fingerprint density at radius 1 is 1.13 bits per heavy atom. The quantitative estimate of drug-likeness (QED) is 0.528. The second-order valence-corrected chi connectivity index (χ2v) is 6.64. The molecule has 2 aromatic rings. The van der Waals surface area contributed by atoms with Gasteiger partial charge in [-0.1, -0.05) is 35.9 Å². The fourth-order valence-corrected chi connectivity index (χ4v) is 3.55. The number of ether oxygens (including phenoxy) is 2. The summed E-state index contributed by atoms with van der Waals surface area (Å²) >= 11 is 6.15. The molecule has 0 radical (unpaired) electrons. The smallest absolute Gasteiger partial charge is 0.187 e. The van der Waals surface area contributed by atoms with E-state index in [9.17, 15) is 4.79 Å². The van der Waals surface area contributed by atoms with Gasteiger partial charge in [0.25, 0.3) is 0 Å². The van der Waals surface area contributed by atoms with Crippen molar-refractivity contribution >= 4 is 31.0 Å². The number of aryl methyl sites for hydroxylation is 1. The van der Waals surface area contributed by atoms with Crippen molar-refractivity contribution in [1.29, 1.82) is 0 Å². The van der Waals surface area contributed by atoms with Gasteiger partial charge >= 0.3 is 0 Å². The molecule has 2 aromatic carbocycles. The molecule has 122 valence electrons. The summed E-state index contributed by atoms with van der Waals surface area (Å²) < 4.78 is 10.8. The molecular formula is C18H20ClO3P. The molecule has 3 nitrogen and oxygen atoms in total. The lowest BCUT2D eigenvalue weighted by Gasteiger charge is -2.09. The van der Waals surface area contributed by atoms with Crippen LogP contribution >= 0.6 is 20.2 Å². The number of carbonyl (C=O) groups excluding carboxylic acids is 1. The average molecular weight is 351 g/mol. The fraction of sp³-hybridized carbons (Fsp3) is 0.278. The van der Waals surface area contributed by atoms with Gasteiger partial charge in [-0.25, -0.2) is 0 Å². The van der Waals surface area contributed by atoms with Gasteiger partial charge in [-0.05, 0) is 51.5 Å². The van der Waals surface area contributed by atoms with Crippen molar-refractivity contribution in [3.63, 3.8) is 0 Å². The summed E-state index contributed by atoms with van der Waals surface area (Å²) in [6.45, 7) is 5.64. The molecule has 0 aromatic heterocycles. The Morgan fingerprint density at radius 3 is 2.52 bits per heavy atom. The summed E-state index contributed by atoms with van der Waals surface area (Å²) in [5.74, 6) is 0.777. The summed E-state index contributed by atoms with van der Waals surface area (Å²) in [7, 11) is 0.0436. The van der Waals surface area contributed by atoms with Crippen LogP contribution in [0.4, 0.5) is 0 Å². The van der Waals surface area contributed by atoms with Crippen LogP contribution in [0.25, 0.3) is 0 Å². The number of hydrogen-bond donors (Lipinski definition) is 0. The molecule has 0 heterocycles. The maximum absolute atomic E-state index is 12.5. The highest BCUT2D eigenvalue weighted by Crippen LogP contribution is 2.27. The van der Waals surface area contributed by atoms with Gasteiger partial charge in [-0.3, -0.25) is 4.79 Å². The lowest BCUT2D eigenvalue weighted by molar-refractivity contribution is 0.108. The molecule has 1 atom stereocenters. The van der Waals surface area contributed by atoms with Crippen LogP contribution in [0.5, 0.6) is 5.75 Å². The summed E-state index contributed by atoms with van der Waals surface area (Å²) in [6, 6.07) is 13.1. The maximum Gasteiger partial charge on any atom is 0.187 e. The van der Waals surface area contributed by atoms with E-state index < -0.39 is 0 Å². The molecule has 0 bridgehead atoms. The van der Waals surface area contributed by atoms with Gasteiger partial charge < -0.3 is 9.47 Å². The van der Waals surface area contributed by atoms with E-state index in [2.05, 4.69) is 0 Å². The molecule has 5 heteroatoms. The number of hydrogen-bond acceptors (Lipinski definition) is 3. The third-order valence-electron chi connectivity index (χ3n) is 3.26. The Hall–Kier alpha value is -1.41. The molecule has 1 unspecified atom stereocenters.